The molecule has 18 heavy (non-hydrogen) atoms. The van der Waals surface area contributed by atoms with Crippen LogP contribution in [0.2, 0.25) is 0 Å². The number of rotatable bonds is 2. The van der Waals surface area contributed by atoms with Crippen LogP contribution < -0.4 is 0 Å². The molecule has 3 atom stereocenters. The number of piperazine rings is 1. The van der Waals surface area contributed by atoms with Gasteiger partial charge in [0.25, 0.3) is 0 Å². The van der Waals surface area contributed by atoms with Gasteiger partial charge in [0, 0.05) is 38.3 Å². The number of piperidine rings is 1. The Morgan fingerprint density at radius 3 is 2.67 bits per heavy atom. The van der Waals surface area contributed by atoms with Crippen molar-refractivity contribution in [1.29, 1.82) is 0 Å². The van der Waals surface area contributed by atoms with E-state index in [0.717, 1.165) is 18.0 Å². The van der Waals surface area contributed by atoms with Gasteiger partial charge in [-0.2, -0.15) is 0 Å². The van der Waals surface area contributed by atoms with Crippen LogP contribution in [0.15, 0.2) is 0 Å². The molecule has 3 rings (SSSR count). The van der Waals surface area contributed by atoms with Crippen LogP contribution in [0.1, 0.15) is 32.6 Å². The third kappa shape index (κ3) is 2.73. The lowest BCUT2D eigenvalue weighted by Crippen LogP contribution is -2.59. The lowest BCUT2D eigenvalue weighted by molar-refractivity contribution is 0.00844. The zero-order valence-electron chi connectivity index (χ0n) is 12.1. The van der Waals surface area contributed by atoms with Crippen LogP contribution in [0.3, 0.4) is 0 Å². The van der Waals surface area contributed by atoms with Gasteiger partial charge in [0.1, 0.15) is 0 Å². The highest BCUT2D eigenvalue weighted by molar-refractivity contribution is 4.90. The normalized spacial score (nSPS) is 40.0. The molecule has 3 unspecified atom stereocenters. The topological polar surface area (TPSA) is 9.72 Å². The lowest BCUT2D eigenvalue weighted by atomic mass is 9.96. The van der Waals surface area contributed by atoms with Crippen LogP contribution in [0.25, 0.3) is 0 Å². The standard InChI is InChI=1S/C15H29N3/c1-13-9-17-7-4-3-5-15(17)12-18(13)11-14-6-8-16(2)10-14/h13-15H,3-12H2,1-2H3. The molecule has 3 fully saturated rings. The summed E-state index contributed by atoms with van der Waals surface area (Å²) in [5.74, 6) is 0.924. The Balaban J connectivity index is 1.55. The maximum Gasteiger partial charge on any atom is 0.0223 e. The van der Waals surface area contributed by atoms with E-state index in [4.69, 9.17) is 0 Å². The highest BCUT2D eigenvalue weighted by Gasteiger charge is 2.34. The molecule has 3 saturated heterocycles. The monoisotopic (exact) mass is 251 g/mol. The summed E-state index contributed by atoms with van der Waals surface area (Å²) in [6, 6.07) is 1.64. The van der Waals surface area contributed by atoms with E-state index in [0.29, 0.717) is 0 Å². The van der Waals surface area contributed by atoms with Gasteiger partial charge in [0.05, 0.1) is 0 Å². The van der Waals surface area contributed by atoms with E-state index < -0.39 is 0 Å². The van der Waals surface area contributed by atoms with Crippen molar-refractivity contribution in [3.8, 4) is 0 Å². The SMILES string of the molecule is CC1CN2CCCCC2CN1CC1CCN(C)C1. The Morgan fingerprint density at radius 1 is 1.00 bits per heavy atom. The summed E-state index contributed by atoms with van der Waals surface area (Å²) in [7, 11) is 2.27. The predicted molar refractivity (Wildman–Crippen MR) is 75.9 cm³/mol. The second-order valence-corrected chi connectivity index (χ2v) is 6.86. The van der Waals surface area contributed by atoms with Crippen LogP contribution >= 0.6 is 0 Å². The van der Waals surface area contributed by atoms with E-state index in [9.17, 15) is 0 Å². The molecule has 0 aromatic heterocycles. The van der Waals surface area contributed by atoms with E-state index in [1.165, 1.54) is 65.0 Å². The molecule has 0 spiro atoms. The Bertz CT molecular complexity index is 279. The van der Waals surface area contributed by atoms with Crippen LogP contribution in [0.4, 0.5) is 0 Å². The fraction of sp³-hybridized carbons (Fsp3) is 1.00. The van der Waals surface area contributed by atoms with Crippen LogP contribution in [-0.4, -0.2) is 73.1 Å². The Kier molecular flexibility index (Phi) is 3.92. The first kappa shape index (κ1) is 12.9. The maximum atomic E-state index is 2.79. The fourth-order valence-electron chi connectivity index (χ4n) is 4.17. The van der Waals surface area contributed by atoms with Crippen molar-refractivity contribution < 1.29 is 0 Å². The third-order valence-corrected chi connectivity index (χ3v) is 5.30. The second kappa shape index (κ2) is 5.48. The third-order valence-electron chi connectivity index (χ3n) is 5.30. The van der Waals surface area contributed by atoms with Crippen molar-refractivity contribution in [2.45, 2.75) is 44.7 Å². The van der Waals surface area contributed by atoms with Gasteiger partial charge >= 0.3 is 0 Å². The van der Waals surface area contributed by atoms with Crippen molar-refractivity contribution >= 4 is 0 Å². The van der Waals surface area contributed by atoms with E-state index in [1.807, 2.05) is 0 Å². The fourth-order valence-corrected chi connectivity index (χ4v) is 4.17. The number of hydrogen-bond acceptors (Lipinski definition) is 3. The molecular weight excluding hydrogens is 222 g/mol. The molecule has 0 N–H and O–H groups in total. The molecule has 3 heteroatoms. The molecule has 0 aromatic rings. The Morgan fingerprint density at radius 2 is 1.89 bits per heavy atom. The largest absolute Gasteiger partial charge is 0.306 e. The maximum absolute atomic E-state index is 2.79. The molecule has 3 aliphatic heterocycles. The minimum atomic E-state index is 0.769. The van der Waals surface area contributed by atoms with Crippen molar-refractivity contribution in [3.63, 3.8) is 0 Å². The van der Waals surface area contributed by atoms with Gasteiger partial charge in [-0.15, -0.1) is 0 Å². The number of fused-ring (bicyclic) bond motifs is 1. The minimum Gasteiger partial charge on any atom is -0.306 e. The summed E-state index contributed by atoms with van der Waals surface area (Å²) in [6.07, 6.45) is 5.73. The summed E-state index contributed by atoms with van der Waals surface area (Å²) in [5.41, 5.74) is 0. The summed E-state index contributed by atoms with van der Waals surface area (Å²) >= 11 is 0. The zero-order chi connectivity index (χ0) is 12.5. The second-order valence-electron chi connectivity index (χ2n) is 6.86. The van der Waals surface area contributed by atoms with E-state index >= 15 is 0 Å². The number of hydrogen-bond donors (Lipinski definition) is 0. The van der Waals surface area contributed by atoms with E-state index in [1.54, 1.807) is 0 Å². The van der Waals surface area contributed by atoms with Gasteiger partial charge in [0.15, 0.2) is 0 Å². The number of likely N-dealkylation sites (tertiary alicyclic amines) is 1. The summed E-state index contributed by atoms with van der Waals surface area (Å²) < 4.78 is 0. The van der Waals surface area contributed by atoms with Crippen molar-refractivity contribution in [1.82, 2.24) is 14.7 Å². The zero-order valence-corrected chi connectivity index (χ0v) is 12.1. The smallest absolute Gasteiger partial charge is 0.0223 e. The quantitative estimate of drug-likeness (QED) is 0.736. The predicted octanol–water partition coefficient (Wildman–Crippen LogP) is 1.50. The van der Waals surface area contributed by atoms with Gasteiger partial charge in [-0.25, -0.2) is 0 Å². The first-order valence-corrected chi connectivity index (χ1v) is 7.89. The van der Waals surface area contributed by atoms with Gasteiger partial charge in [-0.05, 0) is 52.2 Å². The van der Waals surface area contributed by atoms with Crippen LogP contribution in [0, 0.1) is 5.92 Å². The highest BCUT2D eigenvalue weighted by atomic mass is 15.3. The first-order valence-electron chi connectivity index (χ1n) is 7.89. The molecule has 0 aromatic carbocycles. The van der Waals surface area contributed by atoms with Crippen molar-refractivity contribution in [2.24, 2.45) is 5.92 Å². The van der Waals surface area contributed by atoms with Gasteiger partial charge in [-0.3, -0.25) is 9.80 Å². The average Bonchev–Trinajstić information content (AvgIpc) is 2.76. The molecule has 0 aliphatic carbocycles. The minimum absolute atomic E-state index is 0.769. The van der Waals surface area contributed by atoms with Gasteiger partial charge < -0.3 is 4.90 Å². The first-order chi connectivity index (χ1) is 8.72. The van der Waals surface area contributed by atoms with Crippen molar-refractivity contribution in [3.05, 3.63) is 0 Å². The Hall–Kier alpha value is -0.120. The van der Waals surface area contributed by atoms with Gasteiger partial charge in [0.2, 0.25) is 0 Å². The summed E-state index contributed by atoms with van der Waals surface area (Å²) in [5, 5.41) is 0. The summed E-state index contributed by atoms with van der Waals surface area (Å²) in [4.78, 5) is 8.04. The molecule has 0 radical (unpaired) electrons. The molecular formula is C15H29N3. The summed E-state index contributed by atoms with van der Waals surface area (Å²) in [6.45, 7) is 10.4. The van der Waals surface area contributed by atoms with Crippen molar-refractivity contribution in [2.75, 3.05) is 46.3 Å². The van der Waals surface area contributed by atoms with E-state index in [2.05, 4.69) is 28.7 Å². The number of nitrogens with zero attached hydrogens (tertiary/aromatic N) is 3. The molecule has 0 saturated carbocycles. The molecule has 0 bridgehead atoms. The van der Waals surface area contributed by atoms with Crippen LogP contribution in [-0.2, 0) is 0 Å². The molecule has 3 heterocycles. The van der Waals surface area contributed by atoms with Gasteiger partial charge in [-0.1, -0.05) is 6.42 Å². The Labute approximate surface area is 112 Å². The molecule has 104 valence electrons. The van der Waals surface area contributed by atoms with Crippen LogP contribution in [0.5, 0.6) is 0 Å². The average molecular weight is 251 g/mol. The highest BCUT2D eigenvalue weighted by Crippen LogP contribution is 2.26. The van der Waals surface area contributed by atoms with E-state index in [-0.39, 0.29) is 0 Å². The molecule has 3 aliphatic rings. The lowest BCUT2D eigenvalue weighted by Gasteiger charge is -2.48. The molecule has 3 nitrogen and oxygen atoms in total. The molecule has 0 amide bonds.